The lowest BCUT2D eigenvalue weighted by Gasteiger charge is -2.09. The van der Waals surface area contributed by atoms with Gasteiger partial charge in [-0.2, -0.15) is 0 Å². The molecule has 0 fully saturated rings. The van der Waals surface area contributed by atoms with Gasteiger partial charge < -0.3 is 9.47 Å². The summed E-state index contributed by atoms with van der Waals surface area (Å²) in [7, 11) is 3.08. The molecule has 0 amide bonds. The maximum atomic E-state index is 13.6. The smallest absolute Gasteiger partial charge is 0.201 e. The van der Waals surface area contributed by atoms with E-state index < -0.39 is 6.29 Å². The lowest BCUT2D eigenvalue weighted by molar-refractivity contribution is -0.108. The average molecular weight is 253 g/mol. The fraction of sp³-hybridized carbons (Fsp3) is 0.250. The maximum Gasteiger partial charge on any atom is 0.201 e. The molecule has 1 aromatic heterocycles. The van der Waals surface area contributed by atoms with Crippen LogP contribution in [0.2, 0.25) is 0 Å². The van der Waals surface area contributed by atoms with Crippen molar-refractivity contribution in [1.82, 2.24) is 4.98 Å². The Morgan fingerprint density at radius 2 is 1.94 bits per heavy atom. The van der Waals surface area contributed by atoms with Crippen LogP contribution in [-0.2, 0) is 9.47 Å². The van der Waals surface area contributed by atoms with Crippen LogP contribution in [0.15, 0.2) is 29.6 Å². The molecule has 0 aliphatic rings. The van der Waals surface area contributed by atoms with E-state index in [1.807, 2.05) is 0 Å². The van der Waals surface area contributed by atoms with E-state index in [-0.39, 0.29) is 5.82 Å². The predicted octanol–water partition coefficient (Wildman–Crippen LogP) is 3.24. The van der Waals surface area contributed by atoms with Crippen LogP contribution in [0.5, 0.6) is 0 Å². The fourth-order valence-electron chi connectivity index (χ4n) is 1.49. The molecular formula is C12H12FNO2S. The first-order valence-corrected chi connectivity index (χ1v) is 5.90. The zero-order chi connectivity index (χ0) is 12.3. The van der Waals surface area contributed by atoms with Crippen molar-refractivity contribution in [3.8, 4) is 10.6 Å². The highest BCUT2D eigenvalue weighted by molar-refractivity contribution is 7.13. The number of benzene rings is 1. The average Bonchev–Trinajstić information content (AvgIpc) is 2.81. The van der Waals surface area contributed by atoms with Gasteiger partial charge in [-0.3, -0.25) is 0 Å². The number of ether oxygens (including phenoxy) is 2. The summed E-state index contributed by atoms with van der Waals surface area (Å²) in [6.45, 7) is 0. The lowest BCUT2D eigenvalue weighted by Crippen LogP contribution is -2.03. The maximum absolute atomic E-state index is 13.6. The fourth-order valence-corrected chi connectivity index (χ4v) is 2.34. The van der Waals surface area contributed by atoms with Crippen LogP contribution in [-0.4, -0.2) is 19.2 Å². The van der Waals surface area contributed by atoms with Crippen LogP contribution in [0.1, 0.15) is 12.0 Å². The van der Waals surface area contributed by atoms with Gasteiger partial charge in [0.25, 0.3) is 0 Å². The van der Waals surface area contributed by atoms with Gasteiger partial charge in [-0.15, -0.1) is 11.3 Å². The van der Waals surface area contributed by atoms with Crippen LogP contribution in [0, 0.1) is 5.82 Å². The van der Waals surface area contributed by atoms with Gasteiger partial charge >= 0.3 is 0 Å². The van der Waals surface area contributed by atoms with Crippen molar-refractivity contribution in [2.75, 3.05) is 14.2 Å². The third-order valence-corrected chi connectivity index (χ3v) is 3.19. The Bertz CT molecular complexity index is 497. The summed E-state index contributed by atoms with van der Waals surface area (Å²) in [6.07, 6.45) is -0.508. The minimum absolute atomic E-state index is 0.278. The summed E-state index contributed by atoms with van der Waals surface area (Å²) in [5, 5.41) is 2.43. The Morgan fingerprint density at radius 3 is 2.59 bits per heavy atom. The van der Waals surface area contributed by atoms with Crippen molar-refractivity contribution >= 4 is 11.3 Å². The molecule has 0 N–H and O–H groups in total. The molecule has 0 unspecified atom stereocenters. The van der Waals surface area contributed by atoms with Crippen LogP contribution in [0.25, 0.3) is 10.6 Å². The minimum Gasteiger partial charge on any atom is -0.350 e. The summed E-state index contributed by atoms with van der Waals surface area (Å²) in [5.74, 6) is -0.278. The van der Waals surface area contributed by atoms with Crippen LogP contribution < -0.4 is 0 Å². The summed E-state index contributed by atoms with van der Waals surface area (Å²) in [4.78, 5) is 4.31. The van der Waals surface area contributed by atoms with E-state index in [1.54, 1.807) is 23.6 Å². The molecule has 0 aliphatic heterocycles. The highest BCUT2D eigenvalue weighted by Gasteiger charge is 2.15. The SMILES string of the molecule is COC(OC)c1csc(-c2ccccc2F)n1. The second-order valence-corrected chi connectivity index (χ2v) is 4.22. The standard InChI is InChI=1S/C12H12FNO2S/c1-15-12(16-2)10-7-17-11(14-10)8-5-3-4-6-9(8)13/h3-7,12H,1-2H3. The molecule has 0 spiro atoms. The van der Waals surface area contributed by atoms with Crippen LogP contribution in [0.4, 0.5) is 4.39 Å². The Hall–Kier alpha value is -1.30. The monoisotopic (exact) mass is 253 g/mol. The Morgan fingerprint density at radius 1 is 1.24 bits per heavy atom. The molecule has 0 atom stereocenters. The highest BCUT2D eigenvalue weighted by Crippen LogP contribution is 2.29. The number of thiazole rings is 1. The second-order valence-electron chi connectivity index (χ2n) is 3.36. The Kier molecular flexibility index (Phi) is 3.83. The van der Waals surface area contributed by atoms with Crippen molar-refractivity contribution in [1.29, 1.82) is 0 Å². The Balaban J connectivity index is 2.33. The summed E-state index contributed by atoms with van der Waals surface area (Å²) < 4.78 is 23.7. The van der Waals surface area contributed by atoms with Gasteiger partial charge in [0.15, 0.2) is 0 Å². The molecule has 17 heavy (non-hydrogen) atoms. The summed E-state index contributed by atoms with van der Waals surface area (Å²) in [5.41, 5.74) is 1.15. The van der Waals surface area contributed by atoms with E-state index in [2.05, 4.69) is 4.98 Å². The molecule has 0 saturated carbocycles. The summed E-state index contributed by atoms with van der Waals surface area (Å²) in [6, 6.07) is 6.55. The number of hydrogen-bond acceptors (Lipinski definition) is 4. The molecule has 0 aliphatic carbocycles. The van der Waals surface area contributed by atoms with E-state index in [1.165, 1.54) is 31.6 Å². The van der Waals surface area contributed by atoms with Crippen molar-refractivity contribution in [2.45, 2.75) is 6.29 Å². The molecular weight excluding hydrogens is 241 g/mol. The lowest BCUT2D eigenvalue weighted by atomic mass is 10.2. The number of rotatable bonds is 4. The van der Waals surface area contributed by atoms with Gasteiger partial charge in [0.1, 0.15) is 16.5 Å². The van der Waals surface area contributed by atoms with Gasteiger partial charge in [0.2, 0.25) is 6.29 Å². The molecule has 5 heteroatoms. The van der Waals surface area contributed by atoms with Gasteiger partial charge in [0.05, 0.1) is 0 Å². The molecule has 90 valence electrons. The minimum atomic E-state index is -0.508. The van der Waals surface area contributed by atoms with Crippen molar-refractivity contribution in [2.24, 2.45) is 0 Å². The molecule has 2 rings (SSSR count). The molecule has 1 aromatic carbocycles. The number of methoxy groups -OCH3 is 2. The van der Waals surface area contributed by atoms with E-state index in [0.29, 0.717) is 16.3 Å². The van der Waals surface area contributed by atoms with E-state index >= 15 is 0 Å². The number of nitrogens with zero attached hydrogens (tertiary/aromatic N) is 1. The van der Waals surface area contributed by atoms with Crippen molar-refractivity contribution in [3.05, 3.63) is 41.2 Å². The first-order valence-electron chi connectivity index (χ1n) is 5.02. The number of halogens is 1. The first kappa shape index (κ1) is 12.2. The third kappa shape index (κ3) is 2.52. The van der Waals surface area contributed by atoms with E-state index in [9.17, 15) is 4.39 Å². The van der Waals surface area contributed by atoms with Gasteiger partial charge in [-0.05, 0) is 12.1 Å². The number of aromatic nitrogens is 1. The zero-order valence-electron chi connectivity index (χ0n) is 9.51. The number of hydrogen-bond donors (Lipinski definition) is 0. The van der Waals surface area contributed by atoms with E-state index in [0.717, 1.165) is 0 Å². The van der Waals surface area contributed by atoms with E-state index in [4.69, 9.17) is 9.47 Å². The van der Waals surface area contributed by atoms with Crippen LogP contribution >= 0.6 is 11.3 Å². The molecule has 3 nitrogen and oxygen atoms in total. The third-order valence-electron chi connectivity index (χ3n) is 2.30. The normalized spacial score (nSPS) is 11.1. The topological polar surface area (TPSA) is 31.4 Å². The van der Waals surface area contributed by atoms with Crippen molar-refractivity contribution in [3.63, 3.8) is 0 Å². The van der Waals surface area contributed by atoms with Gasteiger partial charge in [-0.1, -0.05) is 12.1 Å². The van der Waals surface area contributed by atoms with Gasteiger partial charge in [-0.25, -0.2) is 9.37 Å². The molecule has 0 saturated heterocycles. The van der Waals surface area contributed by atoms with Gasteiger partial charge in [0, 0.05) is 25.2 Å². The predicted molar refractivity (Wildman–Crippen MR) is 64.3 cm³/mol. The Labute approximate surface area is 103 Å². The highest BCUT2D eigenvalue weighted by atomic mass is 32.1. The molecule has 1 heterocycles. The molecule has 0 bridgehead atoms. The molecule has 0 radical (unpaired) electrons. The summed E-state index contributed by atoms with van der Waals surface area (Å²) >= 11 is 1.36. The quantitative estimate of drug-likeness (QED) is 0.784. The van der Waals surface area contributed by atoms with Crippen molar-refractivity contribution < 1.29 is 13.9 Å². The second kappa shape index (κ2) is 5.35. The largest absolute Gasteiger partial charge is 0.350 e. The zero-order valence-corrected chi connectivity index (χ0v) is 10.3. The van der Waals surface area contributed by atoms with Crippen LogP contribution in [0.3, 0.4) is 0 Å². The molecule has 2 aromatic rings. The first-order chi connectivity index (χ1) is 8.26.